The quantitative estimate of drug-likeness (QED) is 0.882. The fraction of sp³-hybridized carbons (Fsp3) is 0.278. The van der Waals surface area contributed by atoms with Gasteiger partial charge in [-0.3, -0.25) is 4.79 Å². The van der Waals surface area contributed by atoms with Gasteiger partial charge in [0.1, 0.15) is 0 Å². The van der Waals surface area contributed by atoms with Crippen molar-refractivity contribution in [3.63, 3.8) is 0 Å². The van der Waals surface area contributed by atoms with Gasteiger partial charge < -0.3 is 5.32 Å². The highest BCUT2D eigenvalue weighted by atomic mass is 35.5. The molecule has 1 amide bonds. The maximum absolute atomic E-state index is 12.6. The molecule has 1 aliphatic rings. The maximum atomic E-state index is 12.6. The van der Waals surface area contributed by atoms with Crippen LogP contribution in [0.5, 0.6) is 0 Å². The molecule has 4 nitrogen and oxygen atoms in total. The third-order valence-corrected chi connectivity index (χ3v) is 5.50. The smallest absolute Gasteiger partial charge is 0.251 e. The van der Waals surface area contributed by atoms with Crippen molar-refractivity contribution in [2.75, 3.05) is 6.26 Å². The Hall–Kier alpha value is -1.85. The molecule has 1 unspecified atom stereocenters. The van der Waals surface area contributed by atoms with Crippen LogP contribution < -0.4 is 5.32 Å². The van der Waals surface area contributed by atoms with Crippen molar-refractivity contribution in [3.05, 3.63) is 64.7 Å². The maximum Gasteiger partial charge on any atom is 0.251 e. The minimum absolute atomic E-state index is 0.0864. The Morgan fingerprint density at radius 2 is 1.83 bits per heavy atom. The Kier molecular flexibility index (Phi) is 4.65. The van der Waals surface area contributed by atoms with E-state index in [-0.39, 0.29) is 16.8 Å². The van der Waals surface area contributed by atoms with Crippen molar-refractivity contribution in [1.82, 2.24) is 5.32 Å². The molecule has 1 saturated carbocycles. The predicted octanol–water partition coefficient (Wildman–Crippen LogP) is 3.62. The van der Waals surface area contributed by atoms with Crippen molar-refractivity contribution in [3.8, 4) is 0 Å². The fourth-order valence-corrected chi connectivity index (χ4v) is 3.46. The number of hydrogen-bond donors (Lipinski definition) is 1. The van der Waals surface area contributed by atoms with E-state index in [2.05, 4.69) is 5.32 Å². The van der Waals surface area contributed by atoms with E-state index in [0.717, 1.165) is 24.7 Å². The molecule has 1 fully saturated rings. The molecule has 0 bridgehead atoms. The van der Waals surface area contributed by atoms with E-state index in [9.17, 15) is 13.2 Å². The highest BCUT2D eigenvalue weighted by Gasteiger charge is 2.33. The summed E-state index contributed by atoms with van der Waals surface area (Å²) in [6.07, 6.45) is 3.26. The Balaban J connectivity index is 1.83. The van der Waals surface area contributed by atoms with Crippen molar-refractivity contribution in [1.29, 1.82) is 0 Å². The first kappa shape index (κ1) is 17.0. The molecule has 2 aromatic rings. The molecule has 1 atom stereocenters. The van der Waals surface area contributed by atoms with Crippen LogP contribution in [0.2, 0.25) is 5.02 Å². The van der Waals surface area contributed by atoms with Crippen molar-refractivity contribution in [2.45, 2.75) is 23.8 Å². The Morgan fingerprint density at radius 1 is 1.17 bits per heavy atom. The van der Waals surface area contributed by atoms with Crippen LogP contribution in [0.1, 0.15) is 34.8 Å². The van der Waals surface area contributed by atoms with Crippen LogP contribution in [0.3, 0.4) is 0 Å². The van der Waals surface area contributed by atoms with Gasteiger partial charge in [-0.1, -0.05) is 29.8 Å². The molecule has 0 saturated heterocycles. The SMILES string of the molecule is CS(=O)(=O)c1cccc(C(=O)NC(c2ccc(Cl)cc2)C2CC2)c1. The highest BCUT2D eigenvalue weighted by molar-refractivity contribution is 7.90. The molecule has 0 radical (unpaired) electrons. The summed E-state index contributed by atoms with van der Waals surface area (Å²) in [5.74, 6) is 0.139. The van der Waals surface area contributed by atoms with Gasteiger partial charge in [-0.15, -0.1) is 0 Å². The number of sulfone groups is 1. The number of hydrogen-bond acceptors (Lipinski definition) is 3. The average molecular weight is 364 g/mol. The zero-order valence-electron chi connectivity index (χ0n) is 13.2. The largest absolute Gasteiger partial charge is 0.345 e. The predicted molar refractivity (Wildman–Crippen MR) is 93.9 cm³/mol. The molecule has 1 N–H and O–H groups in total. The van der Waals surface area contributed by atoms with Gasteiger partial charge in [-0.2, -0.15) is 0 Å². The third kappa shape index (κ3) is 3.97. The van der Waals surface area contributed by atoms with E-state index in [1.165, 1.54) is 12.1 Å². The molecule has 2 aromatic carbocycles. The molecule has 3 rings (SSSR count). The second-order valence-corrected chi connectivity index (χ2v) is 8.59. The summed E-state index contributed by atoms with van der Waals surface area (Å²) >= 11 is 5.93. The Morgan fingerprint density at radius 3 is 2.42 bits per heavy atom. The molecule has 126 valence electrons. The zero-order chi connectivity index (χ0) is 17.3. The summed E-state index contributed by atoms with van der Waals surface area (Å²) in [6, 6.07) is 13.5. The molecule has 0 spiro atoms. The summed E-state index contributed by atoms with van der Waals surface area (Å²) in [6.45, 7) is 0. The summed E-state index contributed by atoms with van der Waals surface area (Å²) in [5, 5.41) is 3.69. The molecule has 0 aliphatic heterocycles. The van der Waals surface area contributed by atoms with E-state index in [0.29, 0.717) is 16.5 Å². The second-order valence-electron chi connectivity index (χ2n) is 6.14. The van der Waals surface area contributed by atoms with Gasteiger partial charge in [0.05, 0.1) is 10.9 Å². The lowest BCUT2D eigenvalue weighted by molar-refractivity contribution is 0.0931. The lowest BCUT2D eigenvalue weighted by Gasteiger charge is -2.19. The monoisotopic (exact) mass is 363 g/mol. The molecule has 1 aliphatic carbocycles. The number of carbonyl (C=O) groups excluding carboxylic acids is 1. The number of amides is 1. The van der Waals surface area contributed by atoms with Crippen LogP contribution in [0.4, 0.5) is 0 Å². The standard InChI is InChI=1S/C18H18ClNO3S/c1-24(22,23)16-4-2-3-14(11-16)18(21)20-17(12-5-6-12)13-7-9-15(19)10-8-13/h2-4,7-12,17H,5-6H2,1H3,(H,20,21). The van der Waals surface area contributed by atoms with Gasteiger partial charge in [-0.05, 0) is 54.7 Å². The highest BCUT2D eigenvalue weighted by Crippen LogP contribution is 2.41. The first-order valence-corrected chi connectivity index (χ1v) is 9.98. The summed E-state index contributed by atoms with van der Waals surface area (Å²) in [7, 11) is -3.34. The first-order chi connectivity index (χ1) is 11.3. The minimum Gasteiger partial charge on any atom is -0.345 e. The Labute approximate surface area is 146 Å². The van der Waals surface area contributed by atoms with E-state index in [4.69, 9.17) is 11.6 Å². The van der Waals surface area contributed by atoms with Gasteiger partial charge in [0.25, 0.3) is 5.91 Å². The van der Waals surface area contributed by atoms with Gasteiger partial charge in [0.2, 0.25) is 0 Å². The third-order valence-electron chi connectivity index (χ3n) is 4.13. The van der Waals surface area contributed by atoms with Crippen LogP contribution in [0.25, 0.3) is 0 Å². The summed E-state index contributed by atoms with van der Waals surface area (Å²) < 4.78 is 23.3. The normalized spacial score (nSPS) is 15.8. The second kappa shape index (κ2) is 6.57. The van der Waals surface area contributed by atoms with E-state index >= 15 is 0 Å². The van der Waals surface area contributed by atoms with Crippen molar-refractivity contribution in [2.24, 2.45) is 5.92 Å². The molecule has 24 heavy (non-hydrogen) atoms. The summed E-state index contributed by atoms with van der Waals surface area (Å²) in [5.41, 5.74) is 1.35. The van der Waals surface area contributed by atoms with Crippen molar-refractivity contribution >= 4 is 27.3 Å². The van der Waals surface area contributed by atoms with Crippen LogP contribution in [-0.2, 0) is 9.84 Å². The lowest BCUT2D eigenvalue weighted by Crippen LogP contribution is -2.30. The summed E-state index contributed by atoms with van der Waals surface area (Å²) in [4.78, 5) is 12.7. The van der Waals surface area contributed by atoms with E-state index in [1.807, 2.05) is 24.3 Å². The van der Waals surface area contributed by atoms with Gasteiger partial charge >= 0.3 is 0 Å². The minimum atomic E-state index is -3.34. The molecule has 0 aromatic heterocycles. The first-order valence-electron chi connectivity index (χ1n) is 7.71. The van der Waals surface area contributed by atoms with Crippen LogP contribution >= 0.6 is 11.6 Å². The molecule has 0 heterocycles. The van der Waals surface area contributed by atoms with Gasteiger partial charge in [-0.25, -0.2) is 8.42 Å². The zero-order valence-corrected chi connectivity index (χ0v) is 14.8. The number of benzene rings is 2. The molecule has 6 heteroatoms. The average Bonchev–Trinajstić information content (AvgIpc) is 3.37. The van der Waals surface area contributed by atoms with Crippen LogP contribution in [0, 0.1) is 5.92 Å². The number of carbonyl (C=O) groups is 1. The topological polar surface area (TPSA) is 63.2 Å². The Bertz CT molecular complexity index is 858. The van der Waals surface area contributed by atoms with E-state index in [1.54, 1.807) is 12.1 Å². The van der Waals surface area contributed by atoms with Gasteiger partial charge in [0, 0.05) is 16.8 Å². The van der Waals surface area contributed by atoms with Crippen molar-refractivity contribution < 1.29 is 13.2 Å². The molecular formula is C18H18ClNO3S. The number of nitrogens with one attached hydrogen (secondary N) is 1. The van der Waals surface area contributed by atoms with Gasteiger partial charge in [0.15, 0.2) is 9.84 Å². The number of halogens is 1. The van der Waals surface area contributed by atoms with Crippen LogP contribution in [-0.4, -0.2) is 20.6 Å². The molecular weight excluding hydrogens is 346 g/mol. The van der Waals surface area contributed by atoms with Crippen LogP contribution in [0.15, 0.2) is 53.4 Å². The lowest BCUT2D eigenvalue weighted by atomic mass is 10.0. The fourth-order valence-electron chi connectivity index (χ4n) is 2.67. The number of rotatable bonds is 5. The van der Waals surface area contributed by atoms with E-state index < -0.39 is 9.84 Å².